The van der Waals surface area contributed by atoms with Crippen molar-refractivity contribution in [3.05, 3.63) is 30.5 Å². The van der Waals surface area contributed by atoms with E-state index in [1.54, 1.807) is 20.8 Å². The number of nitrogens with zero attached hydrogens (tertiary/aromatic N) is 3. The molecule has 2 heterocycles. The summed E-state index contributed by atoms with van der Waals surface area (Å²) in [6, 6.07) is 5.61. The van der Waals surface area contributed by atoms with Gasteiger partial charge in [-0.3, -0.25) is 19.2 Å². The number of carbonyl (C=O) groups is 4. The first kappa shape index (κ1) is 36.6. The molecule has 2 N–H and O–H groups in total. The van der Waals surface area contributed by atoms with Crippen molar-refractivity contribution in [2.75, 3.05) is 6.61 Å². The van der Waals surface area contributed by atoms with Gasteiger partial charge in [-0.1, -0.05) is 45.0 Å². The molecule has 15 nitrogen and oxygen atoms in total. The zero-order chi connectivity index (χ0) is 33.9. The average molecular weight is 667 g/mol. The normalized spacial score (nSPS) is 21.3. The van der Waals surface area contributed by atoms with E-state index in [9.17, 15) is 27.6 Å². The summed E-state index contributed by atoms with van der Waals surface area (Å²) in [6.07, 6.45) is -2.81. The molecule has 1 aliphatic rings. The molecule has 5 atom stereocenters. The Bertz CT molecular complexity index is 1440. The van der Waals surface area contributed by atoms with Crippen LogP contribution in [0.15, 0.2) is 35.4 Å². The van der Waals surface area contributed by atoms with Gasteiger partial charge in [0, 0.05) is 31.2 Å². The van der Waals surface area contributed by atoms with Gasteiger partial charge in [0.05, 0.1) is 11.1 Å². The van der Waals surface area contributed by atoms with E-state index in [4.69, 9.17) is 28.8 Å². The first-order chi connectivity index (χ1) is 21.9. The van der Waals surface area contributed by atoms with Crippen molar-refractivity contribution in [2.45, 2.75) is 115 Å². The van der Waals surface area contributed by atoms with Crippen LogP contribution in [0.5, 0.6) is 0 Å². The van der Waals surface area contributed by atoms with Crippen molar-refractivity contribution in [1.29, 1.82) is 0 Å². The standard InChI is InChI=1S/C30H42N4O11S/c1-5-9-23(35)41-18-22-27(43-24(36)10-6-2)28(44-25(37)11-7-3)29(45-26(38)12-8-4)30(42-22)34-17-21(32-33-34)19-13-15-20(16-14-19)46(31,39)40/h13-17,22,27-30H,5-12,18H2,1-4H3,(H2,31,39,40)/t22-,27-,28+,29-,30-/m1/s1. The topological polar surface area (TPSA) is 205 Å². The highest BCUT2D eigenvalue weighted by Crippen LogP contribution is 2.35. The molecule has 0 aliphatic carbocycles. The number of ether oxygens (including phenoxy) is 5. The number of nitrogens with two attached hydrogens (primary N) is 1. The molecule has 16 heteroatoms. The molecule has 3 rings (SSSR count). The maximum Gasteiger partial charge on any atom is 0.306 e. The number of rotatable bonds is 16. The zero-order valence-electron chi connectivity index (χ0n) is 26.5. The molecule has 1 saturated heterocycles. The molecule has 46 heavy (non-hydrogen) atoms. The Balaban J connectivity index is 2.09. The Morgan fingerprint density at radius 3 is 1.80 bits per heavy atom. The van der Waals surface area contributed by atoms with Gasteiger partial charge in [0.25, 0.3) is 0 Å². The Labute approximate surface area is 268 Å². The average Bonchev–Trinajstić information content (AvgIpc) is 3.48. The third kappa shape index (κ3) is 10.1. The Hall–Kier alpha value is -3.89. The van der Waals surface area contributed by atoms with Crippen LogP contribution in [0.3, 0.4) is 0 Å². The van der Waals surface area contributed by atoms with Crippen LogP contribution in [0.25, 0.3) is 11.3 Å². The van der Waals surface area contributed by atoms with Gasteiger partial charge >= 0.3 is 23.9 Å². The fraction of sp³-hybridized carbons (Fsp3) is 0.600. The molecule has 1 aromatic carbocycles. The molecule has 0 spiro atoms. The molecule has 0 radical (unpaired) electrons. The van der Waals surface area contributed by atoms with E-state index in [2.05, 4.69) is 10.3 Å². The van der Waals surface area contributed by atoms with E-state index in [1.165, 1.54) is 35.1 Å². The summed E-state index contributed by atoms with van der Waals surface area (Å²) in [5.41, 5.74) is 0.779. The lowest BCUT2D eigenvalue weighted by atomic mass is 9.97. The third-order valence-electron chi connectivity index (χ3n) is 6.89. The molecule has 2 aromatic rings. The number of carbonyl (C=O) groups excluding carboxylic acids is 4. The quantitative estimate of drug-likeness (QED) is 0.202. The molecule has 1 fully saturated rings. The fourth-order valence-electron chi connectivity index (χ4n) is 4.69. The third-order valence-corrected chi connectivity index (χ3v) is 7.82. The van der Waals surface area contributed by atoms with Crippen LogP contribution in [-0.2, 0) is 52.9 Å². The van der Waals surface area contributed by atoms with E-state index in [0.717, 1.165) is 0 Å². The number of hydrogen-bond acceptors (Lipinski definition) is 13. The highest BCUT2D eigenvalue weighted by atomic mass is 32.2. The molecule has 0 bridgehead atoms. The predicted octanol–water partition coefficient (Wildman–Crippen LogP) is 2.97. The van der Waals surface area contributed by atoms with Gasteiger partial charge in [-0.05, 0) is 37.8 Å². The van der Waals surface area contributed by atoms with Gasteiger partial charge < -0.3 is 23.7 Å². The molecule has 1 aromatic heterocycles. The van der Waals surface area contributed by atoms with Gasteiger partial charge in [-0.2, -0.15) is 0 Å². The van der Waals surface area contributed by atoms with Gasteiger partial charge in [0.2, 0.25) is 10.0 Å². The van der Waals surface area contributed by atoms with Crippen LogP contribution in [0.2, 0.25) is 0 Å². The highest BCUT2D eigenvalue weighted by Gasteiger charge is 2.53. The van der Waals surface area contributed by atoms with Crippen LogP contribution < -0.4 is 5.14 Å². The van der Waals surface area contributed by atoms with Crippen LogP contribution in [-0.4, -0.2) is 78.3 Å². The monoisotopic (exact) mass is 666 g/mol. The maximum atomic E-state index is 12.9. The molecule has 254 valence electrons. The Kier molecular flexibility index (Phi) is 13.6. The lowest BCUT2D eigenvalue weighted by Crippen LogP contribution is -2.61. The van der Waals surface area contributed by atoms with Crippen molar-refractivity contribution < 1.29 is 51.3 Å². The zero-order valence-corrected chi connectivity index (χ0v) is 27.3. The van der Waals surface area contributed by atoms with Crippen molar-refractivity contribution in [3.63, 3.8) is 0 Å². The van der Waals surface area contributed by atoms with Gasteiger partial charge in [-0.25, -0.2) is 18.2 Å². The molecule has 1 aliphatic heterocycles. The van der Waals surface area contributed by atoms with Gasteiger partial charge in [0.15, 0.2) is 24.5 Å². The first-order valence-electron chi connectivity index (χ1n) is 15.4. The number of primary sulfonamides is 1. The molecular weight excluding hydrogens is 624 g/mol. The van der Waals surface area contributed by atoms with Crippen molar-refractivity contribution in [3.8, 4) is 11.3 Å². The van der Waals surface area contributed by atoms with Crippen molar-refractivity contribution in [1.82, 2.24) is 15.0 Å². The number of sulfonamides is 1. The Morgan fingerprint density at radius 2 is 1.28 bits per heavy atom. The van der Waals surface area contributed by atoms with E-state index < -0.39 is 64.5 Å². The summed E-state index contributed by atoms with van der Waals surface area (Å²) in [5.74, 6) is -2.37. The van der Waals surface area contributed by atoms with E-state index in [0.29, 0.717) is 36.9 Å². The summed E-state index contributed by atoms with van der Waals surface area (Å²) < 4.78 is 53.8. The molecule has 0 amide bonds. The summed E-state index contributed by atoms with van der Waals surface area (Å²) in [7, 11) is -3.92. The van der Waals surface area contributed by atoms with E-state index in [-0.39, 0.29) is 37.2 Å². The number of esters is 4. The minimum atomic E-state index is -3.92. The first-order valence-corrected chi connectivity index (χ1v) is 16.9. The second-order valence-corrected chi connectivity index (χ2v) is 12.3. The number of benzene rings is 1. The molecular formula is C30H42N4O11S. The lowest BCUT2D eigenvalue weighted by Gasteiger charge is -2.44. The number of aromatic nitrogens is 3. The van der Waals surface area contributed by atoms with Crippen LogP contribution >= 0.6 is 0 Å². The maximum absolute atomic E-state index is 12.9. The summed E-state index contributed by atoms with van der Waals surface area (Å²) in [5, 5.41) is 13.5. The predicted molar refractivity (Wildman–Crippen MR) is 161 cm³/mol. The van der Waals surface area contributed by atoms with Crippen LogP contribution in [0.4, 0.5) is 0 Å². The second kappa shape index (κ2) is 17.1. The smallest absolute Gasteiger partial charge is 0.306 e. The Morgan fingerprint density at radius 1 is 0.783 bits per heavy atom. The summed E-state index contributed by atoms with van der Waals surface area (Å²) in [6.45, 7) is 6.81. The van der Waals surface area contributed by atoms with Crippen LogP contribution in [0, 0.1) is 0 Å². The summed E-state index contributed by atoms with van der Waals surface area (Å²) >= 11 is 0. The number of hydrogen-bond donors (Lipinski definition) is 1. The fourth-order valence-corrected chi connectivity index (χ4v) is 5.20. The van der Waals surface area contributed by atoms with Gasteiger partial charge in [-0.15, -0.1) is 5.10 Å². The van der Waals surface area contributed by atoms with Gasteiger partial charge in [0.1, 0.15) is 18.4 Å². The largest absolute Gasteiger partial charge is 0.463 e. The van der Waals surface area contributed by atoms with Crippen molar-refractivity contribution in [2.24, 2.45) is 5.14 Å². The van der Waals surface area contributed by atoms with E-state index >= 15 is 0 Å². The molecule has 0 saturated carbocycles. The minimum absolute atomic E-state index is 0.0332. The molecule has 0 unspecified atom stereocenters. The minimum Gasteiger partial charge on any atom is -0.463 e. The lowest BCUT2D eigenvalue weighted by molar-refractivity contribution is -0.272. The van der Waals surface area contributed by atoms with Crippen LogP contribution in [0.1, 0.15) is 85.3 Å². The second-order valence-electron chi connectivity index (χ2n) is 10.8. The summed E-state index contributed by atoms with van der Waals surface area (Å²) in [4.78, 5) is 50.8. The van der Waals surface area contributed by atoms with E-state index in [1.807, 2.05) is 6.92 Å². The van der Waals surface area contributed by atoms with Crippen molar-refractivity contribution >= 4 is 33.9 Å². The highest BCUT2D eigenvalue weighted by molar-refractivity contribution is 7.89. The SMILES string of the molecule is CCCC(=O)OC[C@H]1O[C@@H](n2cc(-c3ccc(S(N)(=O)=O)cc3)nn2)[C@H](OC(=O)CCC)[C@@H](OC(=O)CCC)[C@@H]1OC(=O)CCC.